The molecule has 0 fully saturated rings. The van der Waals surface area contributed by atoms with Gasteiger partial charge in [-0.1, -0.05) is 54.6 Å². The molecule has 152 valence electrons. The zero-order chi connectivity index (χ0) is 21.0. The predicted octanol–water partition coefficient (Wildman–Crippen LogP) is 3.47. The zero-order valence-corrected chi connectivity index (χ0v) is 16.5. The minimum atomic E-state index is -1.78. The average molecular weight is 396 g/mol. The number of aliphatic hydroxyl groups excluding tert-OH is 1. The van der Waals surface area contributed by atoms with Crippen LogP contribution in [0.5, 0.6) is 0 Å². The molecule has 0 saturated heterocycles. The molecule has 0 spiro atoms. The maximum absolute atomic E-state index is 12.3. The van der Waals surface area contributed by atoms with E-state index in [4.69, 9.17) is 14.4 Å². The maximum atomic E-state index is 12.3. The van der Waals surface area contributed by atoms with Crippen LogP contribution in [0, 0.1) is 13.8 Å². The fourth-order valence-electron chi connectivity index (χ4n) is 3.10. The summed E-state index contributed by atoms with van der Waals surface area (Å²) in [6.45, 7) is 4.72. The minimum Gasteiger partial charge on any atom is -0.446 e. The summed E-state index contributed by atoms with van der Waals surface area (Å²) in [7, 11) is 0. The van der Waals surface area contributed by atoms with Crippen molar-refractivity contribution in [3.05, 3.63) is 77.5 Å². The number of aromatic nitrogens is 1. The molecule has 3 rings (SSSR count). The molecule has 2 aromatic carbocycles. The van der Waals surface area contributed by atoms with Crippen molar-refractivity contribution in [1.29, 1.82) is 0 Å². The number of carbonyl (C=O) groups excluding carboxylic acids is 1. The number of aryl methyl sites for hydroxylation is 2. The summed E-state index contributed by atoms with van der Waals surface area (Å²) >= 11 is 0. The van der Waals surface area contributed by atoms with Gasteiger partial charge in [0, 0.05) is 6.92 Å². The van der Waals surface area contributed by atoms with E-state index >= 15 is 0 Å². The Morgan fingerprint density at radius 3 is 2.31 bits per heavy atom. The van der Waals surface area contributed by atoms with Crippen molar-refractivity contribution < 1.29 is 24.3 Å². The Morgan fingerprint density at radius 1 is 1.14 bits per heavy atom. The SMILES string of the molecule is Cc1nc([C@@H](O)[C@](C)(OCc2ccc(-c3ccccc3)cc2)C(=O)NO)c(C)o1. The molecule has 1 aromatic heterocycles. The number of hydroxylamine groups is 1. The van der Waals surface area contributed by atoms with Gasteiger partial charge in [-0.25, -0.2) is 10.5 Å². The number of carbonyl (C=O) groups is 1. The van der Waals surface area contributed by atoms with Gasteiger partial charge in [0.1, 0.15) is 17.6 Å². The van der Waals surface area contributed by atoms with E-state index in [2.05, 4.69) is 4.98 Å². The van der Waals surface area contributed by atoms with Gasteiger partial charge < -0.3 is 14.3 Å². The fourth-order valence-corrected chi connectivity index (χ4v) is 3.10. The summed E-state index contributed by atoms with van der Waals surface area (Å²) in [5.74, 6) is -0.145. The smallest absolute Gasteiger partial charge is 0.278 e. The molecule has 1 amide bonds. The highest BCUT2D eigenvalue weighted by Gasteiger charge is 2.45. The number of ether oxygens (including phenoxy) is 1. The normalized spacial score (nSPS) is 14.2. The largest absolute Gasteiger partial charge is 0.446 e. The van der Waals surface area contributed by atoms with Gasteiger partial charge in [-0.3, -0.25) is 10.0 Å². The van der Waals surface area contributed by atoms with E-state index in [1.807, 2.05) is 54.6 Å². The molecule has 0 radical (unpaired) electrons. The van der Waals surface area contributed by atoms with Crippen LogP contribution in [0.15, 0.2) is 59.0 Å². The second kappa shape index (κ2) is 8.57. The molecule has 0 bridgehead atoms. The van der Waals surface area contributed by atoms with E-state index in [1.54, 1.807) is 19.3 Å². The Kier molecular flexibility index (Phi) is 6.12. The number of oxazole rings is 1. The van der Waals surface area contributed by atoms with Gasteiger partial charge in [-0.2, -0.15) is 0 Å². The van der Waals surface area contributed by atoms with Crippen LogP contribution in [0.1, 0.15) is 35.9 Å². The molecule has 3 N–H and O–H groups in total. The van der Waals surface area contributed by atoms with Crippen LogP contribution >= 0.6 is 0 Å². The monoisotopic (exact) mass is 396 g/mol. The molecule has 0 unspecified atom stereocenters. The summed E-state index contributed by atoms with van der Waals surface area (Å²) in [5, 5.41) is 20.0. The summed E-state index contributed by atoms with van der Waals surface area (Å²) < 4.78 is 11.1. The third-order valence-electron chi connectivity index (χ3n) is 4.87. The van der Waals surface area contributed by atoms with Gasteiger partial charge in [-0.05, 0) is 30.5 Å². The van der Waals surface area contributed by atoms with E-state index in [1.165, 1.54) is 6.92 Å². The Hall–Kier alpha value is -3.00. The molecular weight excluding hydrogens is 372 g/mol. The Balaban J connectivity index is 1.79. The molecule has 3 aromatic rings. The number of rotatable bonds is 7. The van der Waals surface area contributed by atoms with Crippen LogP contribution < -0.4 is 5.48 Å². The second-order valence-corrected chi connectivity index (χ2v) is 6.98. The van der Waals surface area contributed by atoms with Gasteiger partial charge in [0.25, 0.3) is 5.91 Å². The quantitative estimate of drug-likeness (QED) is 0.417. The summed E-state index contributed by atoms with van der Waals surface area (Å²) in [6.07, 6.45) is -1.43. The van der Waals surface area contributed by atoms with Gasteiger partial charge in [0.2, 0.25) is 0 Å². The zero-order valence-electron chi connectivity index (χ0n) is 16.5. The molecule has 2 atom stereocenters. The summed E-state index contributed by atoms with van der Waals surface area (Å²) in [6, 6.07) is 17.6. The lowest BCUT2D eigenvalue weighted by molar-refractivity contribution is -0.174. The van der Waals surface area contributed by atoms with Crippen LogP contribution in [0.4, 0.5) is 0 Å². The Morgan fingerprint density at radius 2 is 1.76 bits per heavy atom. The molecule has 0 aliphatic heterocycles. The first kappa shape index (κ1) is 20.7. The third-order valence-corrected chi connectivity index (χ3v) is 4.87. The highest BCUT2D eigenvalue weighted by molar-refractivity contribution is 5.84. The van der Waals surface area contributed by atoms with Crippen LogP contribution in [0.25, 0.3) is 11.1 Å². The highest BCUT2D eigenvalue weighted by Crippen LogP contribution is 2.32. The maximum Gasteiger partial charge on any atom is 0.278 e. The molecule has 7 nitrogen and oxygen atoms in total. The Bertz CT molecular complexity index is 969. The fraction of sp³-hybridized carbons (Fsp3) is 0.273. The lowest BCUT2D eigenvalue weighted by Gasteiger charge is -2.31. The lowest BCUT2D eigenvalue weighted by Crippen LogP contribution is -2.50. The number of hydrogen-bond acceptors (Lipinski definition) is 6. The minimum absolute atomic E-state index is 0.0476. The Labute approximate surface area is 168 Å². The second-order valence-electron chi connectivity index (χ2n) is 6.98. The standard InChI is InChI=1S/C22H24N2O5/c1-14-19(23-15(2)29-14)20(25)22(3,21(26)24-27)28-13-16-9-11-18(12-10-16)17-7-5-4-6-8-17/h4-12,20,25,27H,13H2,1-3H3,(H,24,26)/t20-,22+/m1/s1. The molecule has 1 heterocycles. The van der Waals surface area contributed by atoms with Gasteiger partial charge in [0.05, 0.1) is 6.61 Å². The summed E-state index contributed by atoms with van der Waals surface area (Å²) in [4.78, 5) is 16.5. The average Bonchev–Trinajstić information content (AvgIpc) is 3.09. The predicted molar refractivity (Wildman–Crippen MR) is 106 cm³/mol. The third kappa shape index (κ3) is 4.37. The lowest BCUT2D eigenvalue weighted by atomic mass is 9.94. The number of benzene rings is 2. The highest BCUT2D eigenvalue weighted by atomic mass is 16.5. The molecule has 29 heavy (non-hydrogen) atoms. The topological polar surface area (TPSA) is 105 Å². The summed E-state index contributed by atoms with van der Waals surface area (Å²) in [5.41, 5.74) is 2.93. The van der Waals surface area contributed by atoms with Gasteiger partial charge in [-0.15, -0.1) is 0 Å². The molecule has 0 saturated carbocycles. The van der Waals surface area contributed by atoms with Crippen LogP contribution in [0.3, 0.4) is 0 Å². The van der Waals surface area contributed by atoms with E-state index in [0.29, 0.717) is 11.7 Å². The van der Waals surface area contributed by atoms with E-state index in [-0.39, 0.29) is 12.3 Å². The van der Waals surface area contributed by atoms with Crippen LogP contribution in [-0.2, 0) is 16.1 Å². The number of aliphatic hydroxyl groups is 1. The van der Waals surface area contributed by atoms with Crippen molar-refractivity contribution in [2.75, 3.05) is 0 Å². The van der Waals surface area contributed by atoms with Crippen molar-refractivity contribution in [1.82, 2.24) is 10.5 Å². The number of nitrogens with zero attached hydrogens (tertiary/aromatic N) is 1. The van der Waals surface area contributed by atoms with Gasteiger partial charge >= 0.3 is 0 Å². The molecule has 0 aliphatic rings. The van der Waals surface area contributed by atoms with Crippen molar-refractivity contribution in [2.45, 2.75) is 39.1 Å². The molecule has 7 heteroatoms. The van der Waals surface area contributed by atoms with E-state index in [9.17, 15) is 9.90 Å². The van der Waals surface area contributed by atoms with E-state index in [0.717, 1.165) is 16.7 Å². The number of nitrogens with one attached hydrogen (secondary N) is 1. The van der Waals surface area contributed by atoms with Crippen molar-refractivity contribution in [3.8, 4) is 11.1 Å². The van der Waals surface area contributed by atoms with Crippen molar-refractivity contribution in [2.24, 2.45) is 0 Å². The number of hydrogen-bond donors (Lipinski definition) is 3. The first-order chi connectivity index (χ1) is 13.8. The van der Waals surface area contributed by atoms with Crippen molar-refractivity contribution >= 4 is 5.91 Å². The van der Waals surface area contributed by atoms with Crippen LogP contribution in [0.2, 0.25) is 0 Å². The van der Waals surface area contributed by atoms with Crippen LogP contribution in [-0.4, -0.2) is 26.8 Å². The first-order valence-corrected chi connectivity index (χ1v) is 9.20. The molecule has 0 aliphatic carbocycles. The van der Waals surface area contributed by atoms with Crippen molar-refractivity contribution in [3.63, 3.8) is 0 Å². The van der Waals surface area contributed by atoms with E-state index < -0.39 is 17.6 Å². The molecular formula is C22H24N2O5. The first-order valence-electron chi connectivity index (χ1n) is 9.20. The van der Waals surface area contributed by atoms with Gasteiger partial charge in [0.15, 0.2) is 11.5 Å². The number of amides is 1.